The van der Waals surface area contributed by atoms with Gasteiger partial charge in [-0.05, 0) is 29.7 Å². The Bertz CT molecular complexity index is 992. The number of hydrogen-bond donors (Lipinski definition) is 0. The Hall–Kier alpha value is -2.73. The second-order valence-corrected chi connectivity index (χ2v) is 7.13. The molecule has 0 amide bonds. The van der Waals surface area contributed by atoms with Gasteiger partial charge in [0.15, 0.2) is 5.82 Å². The number of nitrogens with zero attached hydrogens (tertiary/aromatic N) is 4. The Balaban J connectivity index is 1.64. The molecule has 0 aliphatic heterocycles. The van der Waals surface area contributed by atoms with Crippen LogP contribution in [0.25, 0.3) is 4.96 Å². The highest BCUT2D eigenvalue weighted by atomic mass is 32.1. The average molecular weight is 364 g/mol. The molecule has 2 aromatic carbocycles. The maximum Gasteiger partial charge on any atom is 0.234 e. The number of rotatable bonds is 6. The van der Waals surface area contributed by atoms with E-state index in [4.69, 9.17) is 9.84 Å². The summed E-state index contributed by atoms with van der Waals surface area (Å²) in [4.78, 5) is 0.845. The normalized spacial score (nSPS) is 12.4. The fourth-order valence-electron chi connectivity index (χ4n) is 3.09. The van der Waals surface area contributed by atoms with Crippen LogP contribution in [-0.2, 0) is 6.42 Å². The summed E-state index contributed by atoms with van der Waals surface area (Å²) >= 11 is 1.62. The first-order chi connectivity index (χ1) is 12.8. The number of fused-ring (bicyclic) bond motifs is 1. The lowest BCUT2D eigenvalue weighted by Crippen LogP contribution is -2.02. The van der Waals surface area contributed by atoms with E-state index in [1.165, 1.54) is 5.56 Å². The summed E-state index contributed by atoms with van der Waals surface area (Å²) in [6, 6.07) is 18.5. The number of methoxy groups -OCH3 is 1. The van der Waals surface area contributed by atoms with Gasteiger partial charge in [0.25, 0.3) is 0 Å². The van der Waals surface area contributed by atoms with Gasteiger partial charge in [0.1, 0.15) is 10.8 Å². The maximum absolute atomic E-state index is 5.21. The van der Waals surface area contributed by atoms with Gasteiger partial charge in [-0.3, -0.25) is 0 Å². The van der Waals surface area contributed by atoms with E-state index in [1.807, 2.05) is 34.8 Å². The molecule has 1 unspecified atom stereocenters. The highest BCUT2D eigenvalue weighted by molar-refractivity contribution is 7.16. The summed E-state index contributed by atoms with van der Waals surface area (Å²) in [5, 5.41) is 14.6. The van der Waals surface area contributed by atoms with E-state index in [1.54, 1.807) is 18.4 Å². The van der Waals surface area contributed by atoms with Gasteiger partial charge in [0, 0.05) is 12.3 Å². The fraction of sp³-hybridized carbons (Fsp3) is 0.250. The Morgan fingerprint density at radius 1 is 1.04 bits per heavy atom. The number of aromatic nitrogens is 4. The molecule has 1 atom stereocenters. The van der Waals surface area contributed by atoms with Crippen molar-refractivity contribution >= 4 is 16.3 Å². The van der Waals surface area contributed by atoms with Gasteiger partial charge < -0.3 is 4.74 Å². The summed E-state index contributed by atoms with van der Waals surface area (Å²) in [6.45, 7) is 2.19. The minimum absolute atomic E-state index is 0.289. The predicted molar refractivity (Wildman–Crippen MR) is 103 cm³/mol. The summed E-state index contributed by atoms with van der Waals surface area (Å²) in [5.41, 5.74) is 2.45. The van der Waals surface area contributed by atoms with Gasteiger partial charge in [0.05, 0.1) is 7.11 Å². The van der Waals surface area contributed by atoms with Crippen molar-refractivity contribution in [3.05, 3.63) is 76.6 Å². The molecule has 0 saturated carbocycles. The van der Waals surface area contributed by atoms with E-state index in [2.05, 4.69) is 41.4 Å². The molecule has 4 aromatic rings. The molecule has 5 nitrogen and oxygen atoms in total. The molecule has 0 fully saturated rings. The van der Waals surface area contributed by atoms with Crippen molar-refractivity contribution in [1.82, 2.24) is 19.8 Å². The quantitative estimate of drug-likeness (QED) is 0.511. The second-order valence-electron chi connectivity index (χ2n) is 6.15. The van der Waals surface area contributed by atoms with Gasteiger partial charge in [-0.15, -0.1) is 10.2 Å². The molecule has 0 N–H and O–H groups in total. The zero-order valence-electron chi connectivity index (χ0n) is 14.8. The summed E-state index contributed by atoms with van der Waals surface area (Å²) in [6.07, 6.45) is 1.69. The Morgan fingerprint density at radius 2 is 1.81 bits per heavy atom. The molecule has 0 bridgehead atoms. The first kappa shape index (κ1) is 16.7. The van der Waals surface area contributed by atoms with Gasteiger partial charge in [0.2, 0.25) is 4.96 Å². The molecule has 0 saturated heterocycles. The van der Waals surface area contributed by atoms with Gasteiger partial charge in [-0.2, -0.15) is 9.61 Å². The van der Waals surface area contributed by atoms with Crippen LogP contribution >= 0.6 is 11.3 Å². The molecule has 0 spiro atoms. The molecule has 2 aromatic heterocycles. The topological polar surface area (TPSA) is 52.3 Å². The van der Waals surface area contributed by atoms with Crippen LogP contribution in [0.15, 0.2) is 54.6 Å². The van der Waals surface area contributed by atoms with Crippen LogP contribution in [0.5, 0.6) is 5.75 Å². The van der Waals surface area contributed by atoms with Crippen LogP contribution in [0.1, 0.15) is 41.2 Å². The Labute approximate surface area is 156 Å². The van der Waals surface area contributed by atoms with Crippen molar-refractivity contribution in [2.45, 2.75) is 25.7 Å². The maximum atomic E-state index is 5.21. The third kappa shape index (κ3) is 3.20. The van der Waals surface area contributed by atoms with Gasteiger partial charge in [-0.1, -0.05) is 60.7 Å². The molecular formula is C20H20N4OS. The zero-order chi connectivity index (χ0) is 17.9. The summed E-state index contributed by atoms with van der Waals surface area (Å²) in [7, 11) is 1.67. The smallest absolute Gasteiger partial charge is 0.234 e. The largest absolute Gasteiger partial charge is 0.497 e. The van der Waals surface area contributed by atoms with E-state index >= 15 is 0 Å². The highest BCUT2D eigenvalue weighted by Gasteiger charge is 2.19. The standard InChI is InChI=1S/C20H20N4OS/c1-3-17(15-7-5-4-6-8-15)19-23-24-18(21-22-20(24)26-19)13-14-9-11-16(25-2)12-10-14/h4-12,17H,3,13H2,1-2H3. The number of hydrogen-bond acceptors (Lipinski definition) is 5. The summed E-state index contributed by atoms with van der Waals surface area (Å²) < 4.78 is 7.10. The van der Waals surface area contributed by atoms with E-state index in [-0.39, 0.29) is 5.92 Å². The second kappa shape index (κ2) is 7.25. The highest BCUT2D eigenvalue weighted by Crippen LogP contribution is 2.31. The van der Waals surface area contributed by atoms with Crippen LogP contribution in [0.2, 0.25) is 0 Å². The van der Waals surface area contributed by atoms with E-state index in [0.717, 1.165) is 33.5 Å². The molecule has 0 radical (unpaired) electrons. The molecule has 132 valence electrons. The van der Waals surface area contributed by atoms with E-state index in [9.17, 15) is 0 Å². The SMILES string of the molecule is CCC(c1ccccc1)c1nn2c(Cc3ccc(OC)cc3)nnc2s1. The summed E-state index contributed by atoms with van der Waals surface area (Å²) in [5.74, 6) is 2.00. The van der Waals surface area contributed by atoms with Crippen LogP contribution in [-0.4, -0.2) is 26.9 Å². The lowest BCUT2D eigenvalue weighted by molar-refractivity contribution is 0.414. The van der Waals surface area contributed by atoms with Crippen LogP contribution in [0.3, 0.4) is 0 Å². The van der Waals surface area contributed by atoms with Crippen LogP contribution < -0.4 is 4.74 Å². The van der Waals surface area contributed by atoms with Crippen molar-refractivity contribution < 1.29 is 4.74 Å². The van der Waals surface area contributed by atoms with Crippen LogP contribution in [0, 0.1) is 0 Å². The fourth-order valence-corrected chi connectivity index (χ4v) is 4.16. The third-order valence-electron chi connectivity index (χ3n) is 4.50. The lowest BCUT2D eigenvalue weighted by atomic mass is 9.97. The van der Waals surface area contributed by atoms with Crippen molar-refractivity contribution in [2.24, 2.45) is 0 Å². The van der Waals surface area contributed by atoms with Crippen molar-refractivity contribution in [1.29, 1.82) is 0 Å². The predicted octanol–water partition coefficient (Wildman–Crippen LogP) is 4.33. The average Bonchev–Trinajstić information content (AvgIpc) is 3.26. The third-order valence-corrected chi connectivity index (χ3v) is 5.51. The Morgan fingerprint density at radius 3 is 2.50 bits per heavy atom. The molecule has 0 aliphatic carbocycles. The first-order valence-corrected chi connectivity index (χ1v) is 9.49. The number of ether oxygens (including phenoxy) is 1. The first-order valence-electron chi connectivity index (χ1n) is 8.67. The molecule has 2 heterocycles. The van der Waals surface area contributed by atoms with Gasteiger partial charge >= 0.3 is 0 Å². The monoisotopic (exact) mass is 364 g/mol. The van der Waals surface area contributed by atoms with Gasteiger partial charge in [-0.25, -0.2) is 0 Å². The van der Waals surface area contributed by atoms with E-state index < -0.39 is 0 Å². The zero-order valence-corrected chi connectivity index (χ0v) is 15.6. The molecule has 4 rings (SSSR count). The van der Waals surface area contributed by atoms with Crippen molar-refractivity contribution in [2.75, 3.05) is 7.11 Å². The molecule has 26 heavy (non-hydrogen) atoms. The molecule has 6 heteroatoms. The number of benzene rings is 2. The molecular weight excluding hydrogens is 344 g/mol. The Kier molecular flexibility index (Phi) is 4.67. The lowest BCUT2D eigenvalue weighted by Gasteiger charge is -2.11. The minimum Gasteiger partial charge on any atom is -0.497 e. The van der Waals surface area contributed by atoms with Crippen molar-refractivity contribution in [3.8, 4) is 5.75 Å². The van der Waals surface area contributed by atoms with E-state index in [0.29, 0.717) is 6.42 Å². The van der Waals surface area contributed by atoms with Crippen molar-refractivity contribution in [3.63, 3.8) is 0 Å². The minimum atomic E-state index is 0.289. The molecule has 0 aliphatic rings. The van der Waals surface area contributed by atoms with Crippen LogP contribution in [0.4, 0.5) is 0 Å².